The molecule has 0 spiro atoms. The second kappa shape index (κ2) is 4.34. The average Bonchev–Trinajstić information content (AvgIpc) is 2.03. The lowest BCUT2D eigenvalue weighted by atomic mass is 10.4. The Hall–Kier alpha value is -0.940. The molecule has 0 aliphatic carbocycles. The maximum Gasteiger partial charge on any atom is 0.244 e. The first-order chi connectivity index (χ1) is 6.09. The summed E-state index contributed by atoms with van der Waals surface area (Å²) >= 11 is 5.55. The van der Waals surface area contributed by atoms with Crippen LogP contribution in [-0.2, 0) is 0 Å². The van der Waals surface area contributed by atoms with Crippen LogP contribution in [0.1, 0.15) is 6.92 Å². The first-order valence-electron chi connectivity index (χ1n) is 3.84. The van der Waals surface area contributed by atoms with Crippen molar-refractivity contribution in [2.24, 2.45) is 0 Å². The molecule has 0 fully saturated rings. The third kappa shape index (κ3) is 3.12. The molecule has 1 atom stereocenters. The lowest BCUT2D eigenvalue weighted by molar-refractivity contribution is 0.201. The Balaban J connectivity index is 2.71. The van der Waals surface area contributed by atoms with Crippen LogP contribution in [0.4, 0.5) is 5.82 Å². The van der Waals surface area contributed by atoms with E-state index >= 15 is 0 Å². The standard InChI is InChI=1S/C7H11ClN4O/c1-5(13)4-12(2)6-3-9-11-7(8)10-6/h3,5,13H,4H2,1-2H3. The van der Waals surface area contributed by atoms with E-state index in [1.165, 1.54) is 6.20 Å². The van der Waals surface area contributed by atoms with E-state index in [-0.39, 0.29) is 5.28 Å². The number of hydrogen-bond donors (Lipinski definition) is 1. The lowest BCUT2D eigenvalue weighted by Crippen LogP contribution is -2.27. The van der Waals surface area contributed by atoms with Crippen LogP contribution in [0.2, 0.25) is 5.28 Å². The third-order valence-corrected chi connectivity index (χ3v) is 1.61. The van der Waals surface area contributed by atoms with Gasteiger partial charge in [0.1, 0.15) is 0 Å². The van der Waals surface area contributed by atoms with E-state index in [0.29, 0.717) is 12.4 Å². The van der Waals surface area contributed by atoms with E-state index in [0.717, 1.165) is 0 Å². The van der Waals surface area contributed by atoms with Gasteiger partial charge in [0, 0.05) is 13.6 Å². The largest absolute Gasteiger partial charge is 0.392 e. The minimum atomic E-state index is -0.418. The van der Waals surface area contributed by atoms with Gasteiger partial charge < -0.3 is 10.0 Å². The van der Waals surface area contributed by atoms with Gasteiger partial charge in [0.25, 0.3) is 0 Å². The fourth-order valence-corrected chi connectivity index (χ4v) is 1.08. The molecule has 1 heterocycles. The quantitative estimate of drug-likeness (QED) is 0.766. The summed E-state index contributed by atoms with van der Waals surface area (Å²) in [5.41, 5.74) is 0. The van der Waals surface area contributed by atoms with E-state index in [2.05, 4.69) is 15.2 Å². The summed E-state index contributed by atoms with van der Waals surface area (Å²) in [4.78, 5) is 5.69. The number of anilines is 1. The molecule has 1 aromatic rings. The van der Waals surface area contributed by atoms with Gasteiger partial charge >= 0.3 is 0 Å². The Kier molecular flexibility index (Phi) is 3.39. The zero-order chi connectivity index (χ0) is 9.84. The SMILES string of the molecule is CC(O)CN(C)c1cnnc(Cl)n1. The van der Waals surface area contributed by atoms with Crippen molar-refractivity contribution in [3.63, 3.8) is 0 Å². The highest BCUT2D eigenvalue weighted by atomic mass is 35.5. The molecular formula is C7H11ClN4O. The number of likely N-dealkylation sites (N-methyl/N-ethyl adjacent to an activating group) is 1. The Bertz CT molecular complexity index is 281. The monoisotopic (exact) mass is 202 g/mol. The second-order valence-corrected chi connectivity index (χ2v) is 3.15. The predicted molar refractivity (Wildman–Crippen MR) is 49.8 cm³/mol. The molecule has 0 saturated heterocycles. The van der Waals surface area contributed by atoms with E-state index in [4.69, 9.17) is 16.7 Å². The lowest BCUT2D eigenvalue weighted by Gasteiger charge is -2.18. The van der Waals surface area contributed by atoms with Gasteiger partial charge in [-0.15, -0.1) is 5.10 Å². The van der Waals surface area contributed by atoms with Gasteiger partial charge in [-0.1, -0.05) is 0 Å². The fraction of sp³-hybridized carbons (Fsp3) is 0.571. The Morgan fingerprint density at radius 3 is 2.92 bits per heavy atom. The van der Waals surface area contributed by atoms with E-state index in [1.807, 2.05) is 0 Å². The van der Waals surface area contributed by atoms with Crippen molar-refractivity contribution < 1.29 is 5.11 Å². The fourth-order valence-electron chi connectivity index (χ4n) is 0.948. The molecule has 13 heavy (non-hydrogen) atoms. The molecule has 0 amide bonds. The highest BCUT2D eigenvalue weighted by molar-refractivity contribution is 6.28. The molecule has 1 rings (SSSR count). The third-order valence-electron chi connectivity index (χ3n) is 1.45. The summed E-state index contributed by atoms with van der Waals surface area (Å²) in [6.45, 7) is 2.18. The number of rotatable bonds is 3. The Morgan fingerprint density at radius 2 is 2.38 bits per heavy atom. The van der Waals surface area contributed by atoms with Crippen molar-refractivity contribution in [1.29, 1.82) is 0 Å². The highest BCUT2D eigenvalue weighted by Gasteiger charge is 2.06. The Morgan fingerprint density at radius 1 is 1.69 bits per heavy atom. The normalized spacial score (nSPS) is 12.6. The van der Waals surface area contributed by atoms with E-state index in [1.54, 1.807) is 18.9 Å². The number of nitrogens with zero attached hydrogens (tertiary/aromatic N) is 4. The molecule has 72 valence electrons. The molecular weight excluding hydrogens is 192 g/mol. The number of hydrogen-bond acceptors (Lipinski definition) is 5. The number of aromatic nitrogens is 3. The smallest absolute Gasteiger partial charge is 0.244 e. The molecule has 0 saturated carbocycles. The van der Waals surface area contributed by atoms with E-state index in [9.17, 15) is 0 Å². The van der Waals surface area contributed by atoms with Crippen molar-refractivity contribution >= 4 is 17.4 Å². The predicted octanol–water partition coefficient (Wildman–Crippen LogP) is 0.342. The summed E-state index contributed by atoms with van der Waals surface area (Å²) in [6, 6.07) is 0. The van der Waals surface area contributed by atoms with Gasteiger partial charge in [-0.25, -0.2) is 0 Å². The van der Waals surface area contributed by atoms with Crippen LogP contribution in [0.15, 0.2) is 6.20 Å². The molecule has 0 bridgehead atoms. The molecule has 1 unspecified atom stereocenters. The summed E-state index contributed by atoms with van der Waals surface area (Å²) in [6.07, 6.45) is 1.08. The van der Waals surface area contributed by atoms with Crippen molar-refractivity contribution in [1.82, 2.24) is 15.2 Å². The average molecular weight is 203 g/mol. The number of halogens is 1. The summed E-state index contributed by atoms with van der Waals surface area (Å²) < 4.78 is 0. The van der Waals surface area contributed by atoms with Crippen molar-refractivity contribution in [2.75, 3.05) is 18.5 Å². The maximum atomic E-state index is 9.11. The minimum Gasteiger partial charge on any atom is -0.392 e. The molecule has 0 radical (unpaired) electrons. The zero-order valence-electron chi connectivity index (χ0n) is 7.48. The van der Waals surface area contributed by atoms with Gasteiger partial charge in [0.05, 0.1) is 12.3 Å². The van der Waals surface area contributed by atoms with Crippen LogP contribution >= 0.6 is 11.6 Å². The second-order valence-electron chi connectivity index (χ2n) is 2.81. The van der Waals surface area contributed by atoms with Crippen LogP contribution in [-0.4, -0.2) is 40.0 Å². The van der Waals surface area contributed by atoms with Crippen LogP contribution in [0.5, 0.6) is 0 Å². The maximum absolute atomic E-state index is 9.11. The van der Waals surface area contributed by atoms with Crippen molar-refractivity contribution in [3.8, 4) is 0 Å². The van der Waals surface area contributed by atoms with Gasteiger partial charge in [0.15, 0.2) is 5.82 Å². The first kappa shape index (κ1) is 10.1. The zero-order valence-corrected chi connectivity index (χ0v) is 8.23. The van der Waals surface area contributed by atoms with Crippen LogP contribution < -0.4 is 4.90 Å². The molecule has 5 nitrogen and oxygen atoms in total. The van der Waals surface area contributed by atoms with Gasteiger partial charge in [-0.2, -0.15) is 10.1 Å². The van der Waals surface area contributed by atoms with E-state index < -0.39 is 6.10 Å². The molecule has 0 aromatic carbocycles. The summed E-state index contributed by atoms with van der Waals surface area (Å²) in [5.74, 6) is 0.598. The van der Waals surface area contributed by atoms with Gasteiger partial charge in [0.2, 0.25) is 5.28 Å². The molecule has 0 aliphatic heterocycles. The molecule has 1 N–H and O–H groups in total. The van der Waals surface area contributed by atoms with Crippen molar-refractivity contribution in [2.45, 2.75) is 13.0 Å². The van der Waals surface area contributed by atoms with Crippen LogP contribution in [0.3, 0.4) is 0 Å². The van der Waals surface area contributed by atoms with Crippen LogP contribution in [0, 0.1) is 0 Å². The Labute approximate surface area is 81.4 Å². The molecule has 1 aromatic heterocycles. The number of aliphatic hydroxyl groups excluding tert-OH is 1. The summed E-state index contributed by atoms with van der Waals surface area (Å²) in [7, 11) is 1.80. The molecule has 6 heteroatoms. The van der Waals surface area contributed by atoms with Crippen molar-refractivity contribution in [3.05, 3.63) is 11.5 Å². The van der Waals surface area contributed by atoms with Gasteiger partial charge in [-0.3, -0.25) is 0 Å². The number of aliphatic hydroxyl groups is 1. The summed E-state index contributed by atoms with van der Waals surface area (Å²) in [5, 5.41) is 16.4. The topological polar surface area (TPSA) is 62.1 Å². The minimum absolute atomic E-state index is 0.106. The molecule has 0 aliphatic rings. The first-order valence-corrected chi connectivity index (χ1v) is 4.22. The van der Waals surface area contributed by atoms with Gasteiger partial charge in [-0.05, 0) is 18.5 Å². The van der Waals surface area contributed by atoms with Crippen LogP contribution in [0.25, 0.3) is 0 Å². The highest BCUT2D eigenvalue weighted by Crippen LogP contribution is 2.08.